The molecular weight excluding hydrogens is 270 g/mol. The molecule has 1 saturated carbocycles. The molecule has 0 aliphatic heterocycles. The van der Waals surface area contributed by atoms with Gasteiger partial charge in [-0.15, -0.1) is 0 Å². The van der Waals surface area contributed by atoms with Crippen LogP contribution in [0.1, 0.15) is 48.9 Å². The van der Waals surface area contributed by atoms with Crippen molar-refractivity contribution in [2.75, 3.05) is 18.9 Å². The Bertz CT molecular complexity index is 469. The minimum atomic E-state index is -0.325. The van der Waals surface area contributed by atoms with Gasteiger partial charge in [-0.2, -0.15) is 0 Å². The lowest BCUT2D eigenvalue weighted by molar-refractivity contribution is 0.0210. The molecule has 0 amide bonds. The monoisotopic (exact) mass is 293 g/mol. The molecule has 0 saturated heterocycles. The zero-order valence-corrected chi connectivity index (χ0v) is 12.2. The van der Waals surface area contributed by atoms with Gasteiger partial charge in [0.2, 0.25) is 0 Å². The maximum absolute atomic E-state index is 12.1. The number of rotatable bonds is 6. The quantitative estimate of drug-likeness (QED) is 0.478. The van der Waals surface area contributed by atoms with Crippen molar-refractivity contribution in [3.63, 3.8) is 0 Å². The van der Waals surface area contributed by atoms with Gasteiger partial charge in [0, 0.05) is 13.0 Å². The average Bonchev–Trinajstić information content (AvgIpc) is 2.50. The summed E-state index contributed by atoms with van der Waals surface area (Å²) in [6.45, 7) is 0.422. The van der Waals surface area contributed by atoms with E-state index in [4.69, 9.17) is 20.3 Å². The molecular formula is C16H23NO4. The highest BCUT2D eigenvalue weighted by Crippen LogP contribution is 2.25. The fraction of sp³-hybridized carbons (Fsp3) is 0.562. The largest absolute Gasteiger partial charge is 0.491 e. The number of carbonyl (C=O) groups is 1. The van der Waals surface area contributed by atoms with Crippen LogP contribution in [0, 0.1) is 0 Å². The van der Waals surface area contributed by atoms with Crippen molar-refractivity contribution in [1.82, 2.24) is 0 Å². The molecule has 0 heterocycles. The lowest BCUT2D eigenvalue weighted by Gasteiger charge is -2.22. The van der Waals surface area contributed by atoms with Crippen LogP contribution >= 0.6 is 0 Å². The molecule has 0 atom stereocenters. The third-order valence-corrected chi connectivity index (χ3v) is 3.64. The molecule has 1 fully saturated rings. The fourth-order valence-corrected chi connectivity index (χ4v) is 2.44. The van der Waals surface area contributed by atoms with Crippen LogP contribution in [0.4, 0.5) is 5.69 Å². The van der Waals surface area contributed by atoms with Crippen molar-refractivity contribution in [2.24, 2.45) is 0 Å². The summed E-state index contributed by atoms with van der Waals surface area (Å²) < 4.78 is 11.0. The van der Waals surface area contributed by atoms with Gasteiger partial charge in [0.15, 0.2) is 0 Å². The summed E-state index contributed by atoms with van der Waals surface area (Å²) in [5.74, 6) is 0.135. The molecule has 1 aromatic carbocycles. The van der Waals surface area contributed by atoms with E-state index in [9.17, 15) is 4.79 Å². The van der Waals surface area contributed by atoms with Crippen molar-refractivity contribution in [3.05, 3.63) is 23.8 Å². The molecule has 21 heavy (non-hydrogen) atoms. The van der Waals surface area contributed by atoms with Crippen LogP contribution in [-0.4, -0.2) is 30.4 Å². The first-order valence-electron chi connectivity index (χ1n) is 7.55. The summed E-state index contributed by atoms with van der Waals surface area (Å²) in [4.78, 5) is 12.1. The smallest absolute Gasteiger partial charge is 0.338 e. The molecule has 1 aliphatic rings. The van der Waals surface area contributed by atoms with Gasteiger partial charge < -0.3 is 20.3 Å². The minimum Gasteiger partial charge on any atom is -0.491 e. The van der Waals surface area contributed by atoms with Crippen molar-refractivity contribution in [3.8, 4) is 5.75 Å². The van der Waals surface area contributed by atoms with Gasteiger partial charge in [0.05, 0.1) is 17.9 Å². The van der Waals surface area contributed by atoms with Crippen LogP contribution in [0.15, 0.2) is 18.2 Å². The molecule has 3 N–H and O–H groups in total. The number of nitrogens with two attached hydrogens (primary N) is 1. The molecule has 1 aliphatic carbocycles. The SMILES string of the molecule is Nc1ccc(C(=O)OC2CCCCC2)cc1OCCCO. The van der Waals surface area contributed by atoms with E-state index in [1.54, 1.807) is 18.2 Å². The zero-order chi connectivity index (χ0) is 15.1. The first-order chi connectivity index (χ1) is 10.2. The second kappa shape index (κ2) is 7.88. The van der Waals surface area contributed by atoms with Gasteiger partial charge in [-0.3, -0.25) is 0 Å². The van der Waals surface area contributed by atoms with E-state index in [2.05, 4.69) is 0 Å². The normalized spacial score (nSPS) is 15.7. The first kappa shape index (κ1) is 15.6. The summed E-state index contributed by atoms with van der Waals surface area (Å²) >= 11 is 0. The van der Waals surface area contributed by atoms with Gasteiger partial charge in [-0.1, -0.05) is 6.42 Å². The van der Waals surface area contributed by atoms with E-state index >= 15 is 0 Å². The first-order valence-corrected chi connectivity index (χ1v) is 7.55. The fourth-order valence-electron chi connectivity index (χ4n) is 2.44. The zero-order valence-electron chi connectivity index (χ0n) is 12.2. The van der Waals surface area contributed by atoms with Gasteiger partial charge >= 0.3 is 5.97 Å². The number of hydrogen-bond acceptors (Lipinski definition) is 5. The standard InChI is InChI=1S/C16H23NO4/c17-14-8-7-12(11-15(14)20-10-4-9-18)16(19)21-13-5-2-1-3-6-13/h7-8,11,13,18H,1-6,9-10,17H2. The molecule has 0 radical (unpaired) electrons. The highest BCUT2D eigenvalue weighted by molar-refractivity contribution is 5.90. The maximum atomic E-state index is 12.1. The molecule has 0 spiro atoms. The van der Waals surface area contributed by atoms with Gasteiger partial charge in [0.25, 0.3) is 0 Å². The predicted molar refractivity (Wildman–Crippen MR) is 80.3 cm³/mol. The van der Waals surface area contributed by atoms with E-state index in [0.29, 0.717) is 30.0 Å². The Labute approximate surface area is 125 Å². The van der Waals surface area contributed by atoms with E-state index in [0.717, 1.165) is 25.7 Å². The topological polar surface area (TPSA) is 81.8 Å². The van der Waals surface area contributed by atoms with Crippen LogP contribution in [0.25, 0.3) is 0 Å². The second-order valence-electron chi connectivity index (χ2n) is 5.34. The Hall–Kier alpha value is -1.75. The molecule has 1 aromatic rings. The third-order valence-electron chi connectivity index (χ3n) is 3.64. The molecule has 0 bridgehead atoms. The van der Waals surface area contributed by atoms with E-state index in [1.165, 1.54) is 6.42 Å². The Morgan fingerprint density at radius 3 is 2.76 bits per heavy atom. The van der Waals surface area contributed by atoms with Crippen LogP contribution in [-0.2, 0) is 4.74 Å². The summed E-state index contributed by atoms with van der Waals surface area (Å²) in [6, 6.07) is 4.91. The van der Waals surface area contributed by atoms with Gasteiger partial charge in [0.1, 0.15) is 11.9 Å². The van der Waals surface area contributed by atoms with Crippen LogP contribution in [0.5, 0.6) is 5.75 Å². The Morgan fingerprint density at radius 1 is 1.29 bits per heavy atom. The van der Waals surface area contributed by atoms with Crippen LogP contribution < -0.4 is 10.5 Å². The van der Waals surface area contributed by atoms with Crippen LogP contribution in [0.3, 0.4) is 0 Å². The Kier molecular flexibility index (Phi) is 5.87. The minimum absolute atomic E-state index is 0.0301. The summed E-state index contributed by atoms with van der Waals surface area (Å²) in [7, 11) is 0. The lowest BCUT2D eigenvalue weighted by atomic mass is 9.98. The number of anilines is 1. The molecule has 116 valence electrons. The Morgan fingerprint density at radius 2 is 2.05 bits per heavy atom. The summed E-state index contributed by atoms with van der Waals surface area (Å²) in [5, 5.41) is 8.75. The Balaban J connectivity index is 1.97. The highest BCUT2D eigenvalue weighted by Gasteiger charge is 2.19. The third kappa shape index (κ3) is 4.63. The number of ether oxygens (including phenoxy) is 2. The highest BCUT2D eigenvalue weighted by atomic mass is 16.5. The summed E-state index contributed by atoms with van der Waals surface area (Å²) in [5.41, 5.74) is 6.74. The second-order valence-corrected chi connectivity index (χ2v) is 5.34. The average molecular weight is 293 g/mol. The number of benzene rings is 1. The van der Waals surface area contributed by atoms with E-state index < -0.39 is 0 Å². The number of aliphatic hydroxyl groups excluding tert-OH is 1. The predicted octanol–water partition coefficient (Wildman–Crippen LogP) is 2.52. The number of nitrogen functional groups attached to an aromatic ring is 1. The number of carbonyl (C=O) groups excluding carboxylic acids is 1. The van der Waals surface area contributed by atoms with E-state index in [-0.39, 0.29) is 18.7 Å². The summed E-state index contributed by atoms with van der Waals surface area (Å²) in [6.07, 6.45) is 5.91. The van der Waals surface area contributed by atoms with Crippen LogP contribution in [0.2, 0.25) is 0 Å². The van der Waals surface area contributed by atoms with Crippen molar-refractivity contribution in [2.45, 2.75) is 44.6 Å². The van der Waals surface area contributed by atoms with Crippen molar-refractivity contribution in [1.29, 1.82) is 0 Å². The number of esters is 1. The van der Waals surface area contributed by atoms with Crippen molar-refractivity contribution < 1.29 is 19.4 Å². The van der Waals surface area contributed by atoms with E-state index in [1.807, 2.05) is 0 Å². The van der Waals surface area contributed by atoms with Gasteiger partial charge in [-0.05, 0) is 43.9 Å². The molecule has 5 heteroatoms. The number of aliphatic hydroxyl groups is 1. The van der Waals surface area contributed by atoms with Gasteiger partial charge in [-0.25, -0.2) is 4.79 Å². The molecule has 5 nitrogen and oxygen atoms in total. The molecule has 0 aromatic heterocycles. The molecule has 0 unspecified atom stereocenters. The maximum Gasteiger partial charge on any atom is 0.338 e. The number of hydrogen-bond donors (Lipinski definition) is 2. The lowest BCUT2D eigenvalue weighted by Crippen LogP contribution is -2.21. The van der Waals surface area contributed by atoms with Crippen molar-refractivity contribution >= 4 is 11.7 Å². The molecule has 2 rings (SSSR count).